The molecule has 0 radical (unpaired) electrons. The van der Waals surface area contributed by atoms with Crippen molar-refractivity contribution < 1.29 is 13.2 Å². The van der Waals surface area contributed by atoms with Gasteiger partial charge in [0.2, 0.25) is 0 Å². The van der Waals surface area contributed by atoms with Gasteiger partial charge in [-0.3, -0.25) is 4.31 Å². The van der Waals surface area contributed by atoms with Crippen molar-refractivity contribution in [2.24, 2.45) is 4.99 Å². The van der Waals surface area contributed by atoms with E-state index in [1.807, 2.05) is 35.4 Å². The lowest BCUT2D eigenvalue weighted by Crippen LogP contribution is -2.37. The SMILES string of the molecule is COc1ccc(CCN2C=CC=C3C2=Nc2ccc(Cl)cc2N(C)S3(=O)=O)cc1. The highest BCUT2D eigenvalue weighted by atomic mass is 35.5. The van der Waals surface area contributed by atoms with E-state index in [2.05, 4.69) is 0 Å². The molecule has 2 aromatic rings. The van der Waals surface area contributed by atoms with Crippen molar-refractivity contribution in [1.82, 2.24) is 4.90 Å². The highest BCUT2D eigenvalue weighted by Crippen LogP contribution is 2.38. The van der Waals surface area contributed by atoms with E-state index in [-0.39, 0.29) is 4.91 Å². The number of aliphatic imine (C=N–C) groups is 1. The number of benzene rings is 2. The van der Waals surface area contributed by atoms with Gasteiger partial charge in [0.15, 0.2) is 5.84 Å². The monoisotopic (exact) mass is 429 g/mol. The molecule has 29 heavy (non-hydrogen) atoms. The summed E-state index contributed by atoms with van der Waals surface area (Å²) in [5.74, 6) is 1.21. The van der Waals surface area contributed by atoms with E-state index in [1.54, 1.807) is 37.5 Å². The van der Waals surface area contributed by atoms with Crippen LogP contribution in [0.3, 0.4) is 0 Å². The second kappa shape index (κ2) is 7.57. The van der Waals surface area contributed by atoms with Crippen LogP contribution < -0.4 is 9.04 Å². The van der Waals surface area contributed by atoms with Gasteiger partial charge < -0.3 is 9.64 Å². The van der Waals surface area contributed by atoms with Crippen LogP contribution in [0.5, 0.6) is 5.75 Å². The number of methoxy groups -OCH3 is 1. The molecule has 0 fully saturated rings. The second-order valence-corrected chi connectivity index (χ2v) is 9.08. The number of hydrogen-bond donors (Lipinski definition) is 0. The van der Waals surface area contributed by atoms with E-state index in [9.17, 15) is 8.42 Å². The fraction of sp³-hybridized carbons (Fsp3) is 0.190. The van der Waals surface area contributed by atoms with Crippen molar-refractivity contribution in [3.8, 4) is 5.75 Å². The van der Waals surface area contributed by atoms with Crippen molar-refractivity contribution in [2.45, 2.75) is 6.42 Å². The van der Waals surface area contributed by atoms with E-state index in [0.717, 1.165) is 17.7 Å². The normalized spacial score (nSPS) is 17.1. The lowest BCUT2D eigenvalue weighted by molar-refractivity contribution is 0.414. The number of nitrogens with zero attached hydrogens (tertiary/aromatic N) is 3. The maximum Gasteiger partial charge on any atom is 0.267 e. The number of amidine groups is 1. The van der Waals surface area contributed by atoms with Crippen molar-refractivity contribution in [3.05, 3.63) is 76.3 Å². The number of fused-ring (bicyclic) bond motifs is 2. The van der Waals surface area contributed by atoms with Crippen LogP contribution >= 0.6 is 11.6 Å². The molecule has 0 N–H and O–H groups in total. The number of anilines is 1. The molecule has 0 bridgehead atoms. The lowest BCUT2D eigenvalue weighted by atomic mass is 10.1. The maximum absolute atomic E-state index is 13.2. The summed E-state index contributed by atoms with van der Waals surface area (Å²) in [5, 5.41) is 0.458. The van der Waals surface area contributed by atoms with Crippen LogP contribution in [0, 0.1) is 0 Å². The van der Waals surface area contributed by atoms with E-state index in [1.165, 1.54) is 11.4 Å². The van der Waals surface area contributed by atoms with E-state index in [4.69, 9.17) is 21.3 Å². The zero-order chi connectivity index (χ0) is 20.6. The van der Waals surface area contributed by atoms with Gasteiger partial charge in [-0.2, -0.15) is 0 Å². The molecular formula is C21H20ClN3O3S. The van der Waals surface area contributed by atoms with Gasteiger partial charge in [-0.15, -0.1) is 0 Å². The third kappa shape index (κ3) is 3.63. The predicted octanol–water partition coefficient (Wildman–Crippen LogP) is 4.11. The minimum Gasteiger partial charge on any atom is -0.497 e. The summed E-state index contributed by atoms with van der Waals surface area (Å²) in [6.07, 6.45) is 5.89. The molecule has 8 heteroatoms. The number of allylic oxidation sites excluding steroid dienone is 2. The fourth-order valence-electron chi connectivity index (χ4n) is 3.30. The first kappa shape index (κ1) is 19.5. The van der Waals surface area contributed by atoms with Crippen LogP contribution in [-0.4, -0.2) is 39.9 Å². The number of ether oxygens (including phenoxy) is 1. The maximum atomic E-state index is 13.2. The van der Waals surface area contributed by atoms with Crippen molar-refractivity contribution in [1.29, 1.82) is 0 Å². The molecule has 2 aromatic carbocycles. The van der Waals surface area contributed by atoms with Gasteiger partial charge in [0.05, 0.1) is 18.5 Å². The molecule has 0 atom stereocenters. The van der Waals surface area contributed by atoms with Crippen LogP contribution in [0.2, 0.25) is 5.02 Å². The quantitative estimate of drug-likeness (QED) is 0.733. The summed E-state index contributed by atoms with van der Waals surface area (Å²) in [6, 6.07) is 12.9. The lowest BCUT2D eigenvalue weighted by Gasteiger charge is -2.27. The van der Waals surface area contributed by atoms with Crippen molar-refractivity contribution in [2.75, 3.05) is 25.0 Å². The van der Waals surface area contributed by atoms with E-state index in [0.29, 0.717) is 28.8 Å². The summed E-state index contributed by atoms with van der Waals surface area (Å²) in [5.41, 5.74) is 2.13. The predicted molar refractivity (Wildman–Crippen MR) is 116 cm³/mol. The fourth-order valence-corrected chi connectivity index (χ4v) is 4.81. The molecule has 2 aliphatic heterocycles. The van der Waals surface area contributed by atoms with Crippen molar-refractivity contribution in [3.63, 3.8) is 0 Å². The third-order valence-electron chi connectivity index (χ3n) is 4.95. The minimum atomic E-state index is -3.76. The van der Waals surface area contributed by atoms with Gasteiger partial charge in [-0.05, 0) is 54.5 Å². The summed E-state index contributed by atoms with van der Waals surface area (Å²) >= 11 is 6.09. The van der Waals surface area contributed by atoms with Crippen LogP contribution in [-0.2, 0) is 16.4 Å². The Kier molecular flexibility index (Phi) is 5.10. The average molecular weight is 430 g/mol. The Labute approximate surface area is 175 Å². The number of halogens is 1. The molecular weight excluding hydrogens is 410 g/mol. The Hall–Kier alpha value is -2.77. The Bertz CT molecular complexity index is 1140. The topological polar surface area (TPSA) is 62.2 Å². The van der Waals surface area contributed by atoms with Gasteiger partial charge in [-0.25, -0.2) is 13.4 Å². The number of sulfonamides is 1. The first-order valence-electron chi connectivity index (χ1n) is 9.06. The molecule has 6 nitrogen and oxygen atoms in total. The van der Waals surface area contributed by atoms with E-state index < -0.39 is 10.0 Å². The summed E-state index contributed by atoms with van der Waals surface area (Å²) < 4.78 is 32.8. The highest BCUT2D eigenvalue weighted by molar-refractivity contribution is 7.97. The van der Waals surface area contributed by atoms with Crippen LogP contribution in [0.1, 0.15) is 5.56 Å². The first-order valence-corrected chi connectivity index (χ1v) is 10.9. The summed E-state index contributed by atoms with van der Waals surface area (Å²) in [4.78, 5) is 6.73. The standard InChI is InChI=1S/C21H20ClN3O3S/c1-24-19-14-16(22)7-10-18(19)23-21-20(29(24,26)27)4-3-12-25(21)13-11-15-5-8-17(28-2)9-6-15/h3-10,12,14H,11,13H2,1-2H3. The number of hydrogen-bond acceptors (Lipinski definition) is 5. The zero-order valence-electron chi connectivity index (χ0n) is 16.0. The molecule has 150 valence electrons. The average Bonchev–Trinajstić information content (AvgIpc) is 2.81. The zero-order valence-corrected chi connectivity index (χ0v) is 17.6. The Morgan fingerprint density at radius 1 is 1.14 bits per heavy atom. The van der Waals surface area contributed by atoms with Crippen LogP contribution in [0.4, 0.5) is 11.4 Å². The molecule has 0 saturated heterocycles. The minimum absolute atomic E-state index is 0.171. The smallest absolute Gasteiger partial charge is 0.267 e. The Balaban J connectivity index is 1.68. The molecule has 4 rings (SSSR count). The van der Waals surface area contributed by atoms with Gasteiger partial charge in [0, 0.05) is 24.8 Å². The molecule has 0 unspecified atom stereocenters. The molecule has 2 aliphatic rings. The molecule has 0 spiro atoms. The summed E-state index contributed by atoms with van der Waals surface area (Å²) in [6.45, 7) is 0.584. The molecule has 2 heterocycles. The molecule has 0 aliphatic carbocycles. The van der Waals surface area contributed by atoms with Gasteiger partial charge in [-0.1, -0.05) is 23.7 Å². The molecule has 0 amide bonds. The number of rotatable bonds is 4. The largest absolute Gasteiger partial charge is 0.497 e. The van der Waals surface area contributed by atoms with Crippen LogP contribution in [0.15, 0.2) is 70.7 Å². The van der Waals surface area contributed by atoms with Crippen LogP contribution in [0.25, 0.3) is 0 Å². The van der Waals surface area contributed by atoms with Crippen molar-refractivity contribution >= 4 is 38.8 Å². The first-order chi connectivity index (χ1) is 13.9. The second-order valence-electron chi connectivity index (χ2n) is 6.70. The van der Waals surface area contributed by atoms with Gasteiger partial charge >= 0.3 is 0 Å². The third-order valence-corrected chi connectivity index (χ3v) is 6.98. The van der Waals surface area contributed by atoms with Gasteiger partial charge in [0.1, 0.15) is 10.7 Å². The van der Waals surface area contributed by atoms with E-state index >= 15 is 0 Å². The molecule has 0 saturated carbocycles. The Morgan fingerprint density at radius 3 is 2.62 bits per heavy atom. The van der Waals surface area contributed by atoms with Gasteiger partial charge in [0.25, 0.3) is 10.0 Å². The summed E-state index contributed by atoms with van der Waals surface area (Å²) in [7, 11) is -0.608. The Morgan fingerprint density at radius 2 is 1.90 bits per heavy atom. The highest BCUT2D eigenvalue weighted by Gasteiger charge is 2.35. The molecule has 0 aromatic heterocycles.